The van der Waals surface area contributed by atoms with E-state index in [1.54, 1.807) is 17.0 Å². The van der Waals surface area contributed by atoms with Crippen LogP contribution in [0.4, 0.5) is 14.9 Å². The van der Waals surface area contributed by atoms with Gasteiger partial charge in [0.1, 0.15) is 5.82 Å². The Labute approximate surface area is 107 Å². The molecule has 0 aromatic heterocycles. The number of halogens is 1. The molecule has 0 aliphatic carbocycles. The average molecular weight is 253 g/mol. The number of rotatable bonds is 5. The largest absolute Gasteiger partial charge is 0.330 e. The van der Waals surface area contributed by atoms with Crippen LogP contribution in [0, 0.1) is 11.7 Å². The molecule has 0 fully saturated rings. The van der Waals surface area contributed by atoms with Crippen molar-refractivity contribution in [1.82, 2.24) is 4.90 Å². The zero-order valence-electron chi connectivity index (χ0n) is 10.8. The van der Waals surface area contributed by atoms with Crippen molar-refractivity contribution in [2.45, 2.75) is 13.8 Å². The molecule has 1 rings (SSSR count). The van der Waals surface area contributed by atoms with Crippen LogP contribution >= 0.6 is 0 Å². The van der Waals surface area contributed by atoms with E-state index in [2.05, 4.69) is 5.32 Å². The molecule has 5 heteroatoms. The van der Waals surface area contributed by atoms with Crippen LogP contribution in [0.3, 0.4) is 0 Å². The van der Waals surface area contributed by atoms with Crippen LogP contribution < -0.4 is 11.1 Å². The summed E-state index contributed by atoms with van der Waals surface area (Å²) in [5.74, 6) is -0.218. The van der Waals surface area contributed by atoms with Crippen LogP contribution in [0.15, 0.2) is 24.3 Å². The van der Waals surface area contributed by atoms with Gasteiger partial charge in [-0.1, -0.05) is 19.1 Å². The first kappa shape index (κ1) is 14.4. The second-order valence-electron chi connectivity index (χ2n) is 4.29. The number of hydrogen-bond donors (Lipinski definition) is 2. The predicted molar refractivity (Wildman–Crippen MR) is 70.9 cm³/mol. The van der Waals surface area contributed by atoms with Gasteiger partial charge >= 0.3 is 6.03 Å². The van der Waals surface area contributed by atoms with E-state index >= 15 is 0 Å². The SMILES string of the molecule is CCN(CC(C)CN)C(=O)Nc1ccccc1F. The summed E-state index contributed by atoms with van der Waals surface area (Å²) in [7, 11) is 0. The summed E-state index contributed by atoms with van der Waals surface area (Å²) in [6.45, 7) is 5.49. The van der Waals surface area contributed by atoms with E-state index in [1.165, 1.54) is 12.1 Å². The van der Waals surface area contributed by atoms with Crippen molar-refractivity contribution >= 4 is 11.7 Å². The minimum absolute atomic E-state index is 0.196. The minimum Gasteiger partial charge on any atom is -0.330 e. The van der Waals surface area contributed by atoms with Crippen molar-refractivity contribution < 1.29 is 9.18 Å². The number of benzene rings is 1. The maximum atomic E-state index is 13.4. The van der Waals surface area contributed by atoms with Crippen LogP contribution in [0.25, 0.3) is 0 Å². The average Bonchev–Trinajstić information content (AvgIpc) is 2.38. The highest BCUT2D eigenvalue weighted by molar-refractivity contribution is 5.89. The van der Waals surface area contributed by atoms with Gasteiger partial charge in [-0.3, -0.25) is 0 Å². The van der Waals surface area contributed by atoms with Crippen LogP contribution in [-0.2, 0) is 0 Å². The van der Waals surface area contributed by atoms with E-state index in [0.717, 1.165) is 0 Å². The highest BCUT2D eigenvalue weighted by atomic mass is 19.1. The van der Waals surface area contributed by atoms with Crippen molar-refractivity contribution in [1.29, 1.82) is 0 Å². The fourth-order valence-corrected chi connectivity index (χ4v) is 1.56. The van der Waals surface area contributed by atoms with Gasteiger partial charge in [0.15, 0.2) is 0 Å². The molecule has 0 heterocycles. The Balaban J connectivity index is 2.65. The van der Waals surface area contributed by atoms with Gasteiger partial charge in [-0.05, 0) is 31.5 Å². The molecule has 4 nitrogen and oxygen atoms in total. The molecule has 1 unspecified atom stereocenters. The Kier molecular flexibility index (Phi) is 5.58. The molecule has 100 valence electrons. The number of carbonyl (C=O) groups excluding carboxylic acids is 1. The molecule has 0 bridgehead atoms. The van der Waals surface area contributed by atoms with Crippen molar-refractivity contribution in [3.05, 3.63) is 30.1 Å². The number of nitrogens with one attached hydrogen (secondary N) is 1. The van der Waals surface area contributed by atoms with Crippen LogP contribution in [0.5, 0.6) is 0 Å². The summed E-state index contributed by atoms with van der Waals surface area (Å²) < 4.78 is 13.4. The lowest BCUT2D eigenvalue weighted by Gasteiger charge is -2.24. The summed E-state index contributed by atoms with van der Waals surface area (Å²) in [5, 5.41) is 2.56. The molecular weight excluding hydrogens is 233 g/mol. The van der Waals surface area contributed by atoms with E-state index in [4.69, 9.17) is 5.73 Å². The number of anilines is 1. The molecular formula is C13H20FN3O. The lowest BCUT2D eigenvalue weighted by atomic mass is 10.2. The molecule has 1 atom stereocenters. The fraction of sp³-hybridized carbons (Fsp3) is 0.462. The second kappa shape index (κ2) is 6.96. The number of amides is 2. The predicted octanol–water partition coefficient (Wildman–Crippen LogP) is 2.27. The Morgan fingerprint density at radius 1 is 1.50 bits per heavy atom. The Hall–Kier alpha value is -1.62. The summed E-state index contributed by atoms with van der Waals surface area (Å²) in [4.78, 5) is 13.6. The van der Waals surface area contributed by atoms with Crippen LogP contribution in [-0.4, -0.2) is 30.6 Å². The maximum Gasteiger partial charge on any atom is 0.321 e. The highest BCUT2D eigenvalue weighted by Crippen LogP contribution is 2.13. The van der Waals surface area contributed by atoms with Gasteiger partial charge in [-0.2, -0.15) is 0 Å². The molecule has 0 radical (unpaired) electrons. The Bertz CT molecular complexity index is 398. The standard InChI is InChI=1S/C13H20FN3O/c1-3-17(9-10(2)8-15)13(18)16-12-7-5-4-6-11(12)14/h4-7,10H,3,8-9,15H2,1-2H3,(H,16,18). The summed E-state index contributed by atoms with van der Waals surface area (Å²) in [6.07, 6.45) is 0. The topological polar surface area (TPSA) is 58.4 Å². The van der Waals surface area contributed by atoms with Gasteiger partial charge in [0.25, 0.3) is 0 Å². The van der Waals surface area contributed by atoms with Crippen molar-refractivity contribution in [3.63, 3.8) is 0 Å². The second-order valence-corrected chi connectivity index (χ2v) is 4.29. The van der Waals surface area contributed by atoms with Crippen molar-refractivity contribution in [3.8, 4) is 0 Å². The molecule has 0 aliphatic rings. The summed E-state index contributed by atoms with van der Waals surface area (Å²) >= 11 is 0. The number of nitrogens with zero attached hydrogens (tertiary/aromatic N) is 1. The van der Waals surface area contributed by atoms with Crippen molar-refractivity contribution in [2.75, 3.05) is 25.0 Å². The Morgan fingerprint density at radius 3 is 2.72 bits per heavy atom. The zero-order valence-corrected chi connectivity index (χ0v) is 10.8. The number of hydrogen-bond acceptors (Lipinski definition) is 2. The third-order valence-electron chi connectivity index (χ3n) is 2.72. The monoisotopic (exact) mass is 253 g/mol. The molecule has 0 saturated carbocycles. The number of para-hydroxylation sites is 1. The van der Waals surface area contributed by atoms with Gasteiger partial charge in [0.05, 0.1) is 5.69 Å². The molecule has 1 aromatic carbocycles. The van der Waals surface area contributed by atoms with Gasteiger partial charge in [-0.25, -0.2) is 9.18 Å². The fourth-order valence-electron chi connectivity index (χ4n) is 1.56. The number of nitrogens with two attached hydrogens (primary N) is 1. The van der Waals surface area contributed by atoms with Crippen LogP contribution in [0.1, 0.15) is 13.8 Å². The van der Waals surface area contributed by atoms with E-state index in [9.17, 15) is 9.18 Å². The molecule has 18 heavy (non-hydrogen) atoms. The van der Waals surface area contributed by atoms with E-state index in [1.807, 2.05) is 13.8 Å². The van der Waals surface area contributed by atoms with Gasteiger partial charge < -0.3 is 16.0 Å². The maximum absolute atomic E-state index is 13.4. The third-order valence-corrected chi connectivity index (χ3v) is 2.72. The normalized spacial score (nSPS) is 12.0. The van der Waals surface area contributed by atoms with E-state index in [0.29, 0.717) is 19.6 Å². The van der Waals surface area contributed by atoms with Gasteiger partial charge in [0, 0.05) is 13.1 Å². The van der Waals surface area contributed by atoms with Gasteiger partial charge in [-0.15, -0.1) is 0 Å². The molecule has 0 spiro atoms. The first-order chi connectivity index (χ1) is 8.58. The molecule has 0 aliphatic heterocycles. The quantitative estimate of drug-likeness (QED) is 0.845. The molecule has 2 amide bonds. The minimum atomic E-state index is -0.436. The smallest absolute Gasteiger partial charge is 0.321 e. The van der Waals surface area contributed by atoms with Crippen molar-refractivity contribution in [2.24, 2.45) is 11.7 Å². The van der Waals surface area contributed by atoms with Crippen LogP contribution in [0.2, 0.25) is 0 Å². The van der Waals surface area contributed by atoms with E-state index < -0.39 is 5.82 Å². The summed E-state index contributed by atoms with van der Waals surface area (Å²) in [6, 6.07) is 5.81. The molecule has 1 aromatic rings. The first-order valence-corrected chi connectivity index (χ1v) is 6.09. The number of carbonyl (C=O) groups is 1. The van der Waals surface area contributed by atoms with Gasteiger partial charge in [0.2, 0.25) is 0 Å². The lowest BCUT2D eigenvalue weighted by molar-refractivity contribution is 0.206. The Morgan fingerprint density at radius 2 is 2.17 bits per heavy atom. The zero-order chi connectivity index (χ0) is 13.5. The summed E-state index contributed by atoms with van der Waals surface area (Å²) in [5.41, 5.74) is 5.73. The lowest BCUT2D eigenvalue weighted by Crippen LogP contribution is -2.39. The molecule has 3 N–H and O–H groups in total. The molecule has 0 saturated heterocycles. The number of urea groups is 1. The third kappa shape index (κ3) is 4.00. The van der Waals surface area contributed by atoms with E-state index in [-0.39, 0.29) is 17.6 Å². The first-order valence-electron chi connectivity index (χ1n) is 6.09. The highest BCUT2D eigenvalue weighted by Gasteiger charge is 2.15.